The minimum absolute atomic E-state index is 0.154. The van der Waals surface area contributed by atoms with Gasteiger partial charge < -0.3 is 5.32 Å². The van der Waals surface area contributed by atoms with Crippen LogP contribution >= 0.6 is 11.8 Å². The number of thioether (sulfide) groups is 1. The third kappa shape index (κ3) is 3.77. The summed E-state index contributed by atoms with van der Waals surface area (Å²) >= 11 is 1.24. The molecule has 0 saturated heterocycles. The number of rotatable bonds is 5. The van der Waals surface area contributed by atoms with Crippen molar-refractivity contribution in [3.05, 3.63) is 35.1 Å². The van der Waals surface area contributed by atoms with Gasteiger partial charge in [0.2, 0.25) is 11.1 Å². The highest BCUT2D eigenvalue weighted by atomic mass is 32.2. The zero-order chi connectivity index (χ0) is 14.5. The zero-order valence-corrected chi connectivity index (χ0v) is 11.9. The Labute approximate surface area is 119 Å². The van der Waals surface area contributed by atoms with E-state index in [1.165, 1.54) is 22.5 Å². The number of benzene rings is 1. The van der Waals surface area contributed by atoms with Gasteiger partial charge in [-0.25, -0.2) is 9.07 Å². The molecule has 0 radical (unpaired) electrons. The molecular weight excluding hydrogens is 281 g/mol. The van der Waals surface area contributed by atoms with Crippen molar-refractivity contribution < 1.29 is 9.18 Å². The number of aryl methyl sites for hydroxylation is 2. The van der Waals surface area contributed by atoms with Crippen molar-refractivity contribution in [1.82, 2.24) is 25.5 Å². The number of carbonyl (C=O) groups is 1. The summed E-state index contributed by atoms with van der Waals surface area (Å²) in [5.74, 6) is -0.210. The molecule has 1 amide bonds. The number of hydrogen-bond donors (Lipinski definition) is 1. The molecule has 0 fully saturated rings. The second kappa shape index (κ2) is 6.47. The Balaban J connectivity index is 1.80. The van der Waals surface area contributed by atoms with E-state index in [1.54, 1.807) is 26.1 Å². The molecule has 0 spiro atoms. The van der Waals surface area contributed by atoms with Crippen LogP contribution in [0.4, 0.5) is 4.39 Å². The van der Waals surface area contributed by atoms with Gasteiger partial charge in [-0.1, -0.05) is 23.9 Å². The Hall–Kier alpha value is -1.96. The summed E-state index contributed by atoms with van der Waals surface area (Å²) in [5.41, 5.74) is 1.32. The van der Waals surface area contributed by atoms with Gasteiger partial charge in [-0.3, -0.25) is 4.79 Å². The van der Waals surface area contributed by atoms with Crippen molar-refractivity contribution in [2.75, 3.05) is 5.75 Å². The molecule has 1 aromatic carbocycles. The molecular formula is C12H14FN5OS. The van der Waals surface area contributed by atoms with Gasteiger partial charge in [0.1, 0.15) is 5.82 Å². The molecule has 6 nitrogen and oxygen atoms in total. The summed E-state index contributed by atoms with van der Waals surface area (Å²) in [4.78, 5) is 11.7. The van der Waals surface area contributed by atoms with E-state index in [4.69, 9.17) is 0 Å². The maximum absolute atomic E-state index is 13.3. The maximum Gasteiger partial charge on any atom is 0.230 e. The van der Waals surface area contributed by atoms with Crippen molar-refractivity contribution in [1.29, 1.82) is 0 Å². The molecule has 8 heteroatoms. The van der Waals surface area contributed by atoms with Crippen LogP contribution in [-0.4, -0.2) is 31.9 Å². The van der Waals surface area contributed by atoms with Gasteiger partial charge in [0.15, 0.2) is 0 Å². The topological polar surface area (TPSA) is 72.7 Å². The maximum atomic E-state index is 13.3. The van der Waals surface area contributed by atoms with Crippen LogP contribution in [0.5, 0.6) is 0 Å². The van der Waals surface area contributed by atoms with Gasteiger partial charge in [0.05, 0.1) is 5.75 Å². The highest BCUT2D eigenvalue weighted by molar-refractivity contribution is 7.99. The summed E-state index contributed by atoms with van der Waals surface area (Å²) in [6.45, 7) is 2.00. The monoisotopic (exact) mass is 295 g/mol. The van der Waals surface area contributed by atoms with Crippen LogP contribution in [0.3, 0.4) is 0 Å². The fraction of sp³-hybridized carbons (Fsp3) is 0.333. The molecule has 0 atom stereocenters. The highest BCUT2D eigenvalue weighted by Crippen LogP contribution is 2.12. The average Bonchev–Trinajstić information content (AvgIpc) is 2.83. The van der Waals surface area contributed by atoms with Crippen LogP contribution in [0.1, 0.15) is 11.1 Å². The third-order valence-corrected chi connectivity index (χ3v) is 3.65. The number of hydrogen-bond acceptors (Lipinski definition) is 5. The Kier molecular flexibility index (Phi) is 4.67. The first-order chi connectivity index (χ1) is 9.56. The van der Waals surface area contributed by atoms with Gasteiger partial charge in [0, 0.05) is 13.6 Å². The lowest BCUT2D eigenvalue weighted by atomic mass is 10.1. The number of amides is 1. The number of halogens is 1. The second-order valence-corrected chi connectivity index (χ2v) is 5.18. The van der Waals surface area contributed by atoms with E-state index in [1.807, 2.05) is 0 Å². The van der Waals surface area contributed by atoms with Crippen LogP contribution in [0.15, 0.2) is 23.4 Å². The van der Waals surface area contributed by atoms with Crippen molar-refractivity contribution in [3.63, 3.8) is 0 Å². The molecule has 1 aromatic heterocycles. The predicted octanol–water partition coefficient (Wildman–Crippen LogP) is 1.07. The lowest BCUT2D eigenvalue weighted by Crippen LogP contribution is -2.24. The van der Waals surface area contributed by atoms with Crippen molar-refractivity contribution in [2.24, 2.45) is 7.05 Å². The van der Waals surface area contributed by atoms with Gasteiger partial charge >= 0.3 is 0 Å². The SMILES string of the molecule is Cc1ccc(CNC(=O)CSc2nnnn2C)cc1F. The molecule has 0 bridgehead atoms. The van der Waals surface area contributed by atoms with Gasteiger partial charge in [0.25, 0.3) is 0 Å². The first-order valence-corrected chi connectivity index (χ1v) is 6.91. The highest BCUT2D eigenvalue weighted by Gasteiger charge is 2.08. The summed E-state index contributed by atoms with van der Waals surface area (Å²) in [5, 5.41) is 14.2. The lowest BCUT2D eigenvalue weighted by molar-refractivity contribution is -0.118. The molecule has 0 aliphatic heterocycles. The second-order valence-electron chi connectivity index (χ2n) is 4.23. The summed E-state index contributed by atoms with van der Waals surface area (Å²) < 4.78 is 14.8. The molecule has 1 heterocycles. The normalized spacial score (nSPS) is 10.6. The molecule has 1 N–H and O–H groups in total. The third-order valence-electron chi connectivity index (χ3n) is 2.64. The first kappa shape index (κ1) is 14.4. The predicted molar refractivity (Wildman–Crippen MR) is 72.5 cm³/mol. The summed E-state index contributed by atoms with van der Waals surface area (Å²) in [6, 6.07) is 4.91. The minimum Gasteiger partial charge on any atom is -0.351 e. The molecule has 2 aromatic rings. The standard InChI is InChI=1S/C12H14FN5OS/c1-8-3-4-9(5-10(8)13)6-14-11(19)7-20-12-15-16-17-18(12)2/h3-5H,6-7H2,1-2H3,(H,14,19). The van der Waals surface area contributed by atoms with Crippen LogP contribution in [0.25, 0.3) is 0 Å². The summed E-state index contributed by atoms with van der Waals surface area (Å²) in [6.07, 6.45) is 0. The number of aromatic nitrogens is 4. The van der Waals surface area contributed by atoms with Gasteiger partial charge in [-0.15, -0.1) is 5.10 Å². The van der Waals surface area contributed by atoms with Crippen LogP contribution < -0.4 is 5.32 Å². The number of carbonyl (C=O) groups excluding carboxylic acids is 1. The first-order valence-electron chi connectivity index (χ1n) is 5.93. The smallest absolute Gasteiger partial charge is 0.230 e. The Morgan fingerprint density at radius 1 is 1.50 bits per heavy atom. The number of nitrogens with zero attached hydrogens (tertiary/aromatic N) is 4. The van der Waals surface area contributed by atoms with E-state index in [-0.39, 0.29) is 17.5 Å². The van der Waals surface area contributed by atoms with Crippen LogP contribution in [0, 0.1) is 12.7 Å². The molecule has 0 unspecified atom stereocenters. The largest absolute Gasteiger partial charge is 0.351 e. The minimum atomic E-state index is -0.267. The lowest BCUT2D eigenvalue weighted by Gasteiger charge is -2.06. The van der Waals surface area contributed by atoms with E-state index in [0.717, 1.165) is 5.56 Å². The van der Waals surface area contributed by atoms with E-state index in [9.17, 15) is 9.18 Å². The fourth-order valence-corrected chi connectivity index (χ4v) is 2.15. The Morgan fingerprint density at radius 2 is 2.30 bits per heavy atom. The quantitative estimate of drug-likeness (QED) is 0.835. The molecule has 0 aliphatic rings. The zero-order valence-electron chi connectivity index (χ0n) is 11.1. The number of tetrazole rings is 1. The van der Waals surface area contributed by atoms with E-state index < -0.39 is 0 Å². The van der Waals surface area contributed by atoms with Crippen molar-refractivity contribution in [3.8, 4) is 0 Å². The number of nitrogens with one attached hydrogen (secondary N) is 1. The van der Waals surface area contributed by atoms with Gasteiger partial charge in [-0.2, -0.15) is 0 Å². The summed E-state index contributed by atoms with van der Waals surface area (Å²) in [7, 11) is 1.70. The van der Waals surface area contributed by atoms with Crippen molar-refractivity contribution in [2.45, 2.75) is 18.6 Å². The fourth-order valence-electron chi connectivity index (χ4n) is 1.47. The molecule has 0 saturated carbocycles. The van der Waals surface area contributed by atoms with E-state index in [0.29, 0.717) is 17.3 Å². The van der Waals surface area contributed by atoms with Crippen LogP contribution in [0.2, 0.25) is 0 Å². The molecule has 0 aliphatic carbocycles. The average molecular weight is 295 g/mol. The molecule has 2 rings (SSSR count). The Bertz CT molecular complexity index is 616. The van der Waals surface area contributed by atoms with E-state index in [2.05, 4.69) is 20.8 Å². The van der Waals surface area contributed by atoms with Crippen molar-refractivity contribution >= 4 is 17.7 Å². The van der Waals surface area contributed by atoms with Gasteiger partial charge in [-0.05, 0) is 34.5 Å². The van der Waals surface area contributed by atoms with Crippen LogP contribution in [-0.2, 0) is 18.4 Å². The Morgan fingerprint density at radius 3 is 2.95 bits per heavy atom. The van der Waals surface area contributed by atoms with E-state index >= 15 is 0 Å². The molecule has 20 heavy (non-hydrogen) atoms. The molecule has 106 valence electrons.